The first-order valence-corrected chi connectivity index (χ1v) is 5.72. The van der Waals surface area contributed by atoms with E-state index < -0.39 is 11.9 Å². The molecule has 1 aromatic rings. The third-order valence-corrected chi connectivity index (χ3v) is 2.90. The van der Waals surface area contributed by atoms with Crippen molar-refractivity contribution >= 4 is 27.5 Å². The van der Waals surface area contributed by atoms with Crippen LogP contribution < -0.4 is 11.1 Å². The van der Waals surface area contributed by atoms with Crippen molar-refractivity contribution in [1.29, 1.82) is 0 Å². The lowest BCUT2D eigenvalue weighted by atomic mass is 10.1. The second kappa shape index (κ2) is 5.41. The molecular formula is C11H14BrFN2O. The van der Waals surface area contributed by atoms with E-state index in [4.69, 9.17) is 5.73 Å². The van der Waals surface area contributed by atoms with E-state index in [1.54, 1.807) is 0 Å². The Hall–Kier alpha value is -0.940. The monoisotopic (exact) mass is 288 g/mol. The van der Waals surface area contributed by atoms with Crippen molar-refractivity contribution in [3.05, 3.63) is 28.5 Å². The molecule has 0 aliphatic rings. The SMILES string of the molecule is CC(C)[C@H](N)C(=O)Nc1cc(F)ccc1Br. The van der Waals surface area contributed by atoms with Crippen molar-refractivity contribution in [2.45, 2.75) is 19.9 Å². The first-order valence-electron chi connectivity index (χ1n) is 4.93. The van der Waals surface area contributed by atoms with E-state index in [-0.39, 0.29) is 11.8 Å². The zero-order valence-corrected chi connectivity index (χ0v) is 10.7. The Morgan fingerprint density at radius 1 is 1.50 bits per heavy atom. The molecule has 0 saturated carbocycles. The van der Waals surface area contributed by atoms with E-state index in [0.29, 0.717) is 10.2 Å². The summed E-state index contributed by atoms with van der Waals surface area (Å²) in [5.41, 5.74) is 6.06. The summed E-state index contributed by atoms with van der Waals surface area (Å²) in [5, 5.41) is 2.58. The Bertz CT molecular complexity index is 396. The molecule has 0 fully saturated rings. The van der Waals surface area contributed by atoms with Gasteiger partial charge in [0.25, 0.3) is 0 Å². The Labute approximate surface area is 102 Å². The van der Waals surface area contributed by atoms with E-state index in [1.807, 2.05) is 13.8 Å². The molecule has 1 atom stereocenters. The molecule has 88 valence electrons. The Morgan fingerprint density at radius 2 is 2.12 bits per heavy atom. The highest BCUT2D eigenvalue weighted by molar-refractivity contribution is 9.10. The summed E-state index contributed by atoms with van der Waals surface area (Å²) in [6.07, 6.45) is 0. The molecule has 3 nitrogen and oxygen atoms in total. The van der Waals surface area contributed by atoms with Gasteiger partial charge < -0.3 is 11.1 Å². The van der Waals surface area contributed by atoms with Gasteiger partial charge in [-0.25, -0.2) is 4.39 Å². The minimum Gasteiger partial charge on any atom is -0.324 e. The summed E-state index contributed by atoms with van der Waals surface area (Å²) < 4.78 is 13.6. The topological polar surface area (TPSA) is 55.1 Å². The highest BCUT2D eigenvalue weighted by atomic mass is 79.9. The number of amides is 1. The predicted molar refractivity (Wildman–Crippen MR) is 65.5 cm³/mol. The fourth-order valence-electron chi connectivity index (χ4n) is 1.11. The maximum absolute atomic E-state index is 13.0. The molecular weight excluding hydrogens is 275 g/mol. The number of anilines is 1. The van der Waals surface area contributed by atoms with Crippen LogP contribution in [0.5, 0.6) is 0 Å². The molecule has 1 rings (SSSR count). The summed E-state index contributed by atoms with van der Waals surface area (Å²) in [6.45, 7) is 3.70. The molecule has 5 heteroatoms. The number of hydrogen-bond acceptors (Lipinski definition) is 2. The quantitative estimate of drug-likeness (QED) is 0.898. The Kier molecular flexibility index (Phi) is 4.44. The minimum absolute atomic E-state index is 0.0346. The summed E-state index contributed by atoms with van der Waals surface area (Å²) in [4.78, 5) is 11.6. The van der Waals surface area contributed by atoms with E-state index >= 15 is 0 Å². The highest BCUT2D eigenvalue weighted by Crippen LogP contribution is 2.23. The second-order valence-electron chi connectivity index (χ2n) is 3.88. The number of carbonyl (C=O) groups is 1. The van der Waals surface area contributed by atoms with Crippen LogP contribution in [-0.2, 0) is 4.79 Å². The molecule has 0 heterocycles. The van der Waals surface area contributed by atoms with Gasteiger partial charge in [-0.2, -0.15) is 0 Å². The number of benzene rings is 1. The first kappa shape index (κ1) is 13.1. The van der Waals surface area contributed by atoms with Gasteiger partial charge in [0.05, 0.1) is 11.7 Å². The molecule has 0 unspecified atom stereocenters. The van der Waals surface area contributed by atoms with Gasteiger partial charge in [-0.05, 0) is 40.0 Å². The van der Waals surface area contributed by atoms with Crippen molar-refractivity contribution in [3.63, 3.8) is 0 Å². The molecule has 0 aliphatic heterocycles. The molecule has 3 N–H and O–H groups in total. The van der Waals surface area contributed by atoms with Gasteiger partial charge in [0.1, 0.15) is 5.82 Å². The van der Waals surface area contributed by atoms with Crippen molar-refractivity contribution in [3.8, 4) is 0 Å². The number of halogens is 2. The van der Waals surface area contributed by atoms with E-state index in [9.17, 15) is 9.18 Å². The lowest BCUT2D eigenvalue weighted by Crippen LogP contribution is -2.39. The van der Waals surface area contributed by atoms with Gasteiger partial charge in [0, 0.05) is 4.47 Å². The van der Waals surface area contributed by atoms with Gasteiger partial charge in [0.15, 0.2) is 0 Å². The molecule has 1 amide bonds. The fourth-order valence-corrected chi connectivity index (χ4v) is 1.46. The third-order valence-electron chi connectivity index (χ3n) is 2.21. The molecule has 0 saturated heterocycles. The summed E-state index contributed by atoms with van der Waals surface area (Å²) in [7, 11) is 0. The van der Waals surface area contributed by atoms with Crippen molar-refractivity contribution in [1.82, 2.24) is 0 Å². The van der Waals surface area contributed by atoms with Gasteiger partial charge in [0.2, 0.25) is 5.91 Å². The Morgan fingerprint density at radius 3 is 2.69 bits per heavy atom. The summed E-state index contributed by atoms with van der Waals surface area (Å²) >= 11 is 3.22. The maximum Gasteiger partial charge on any atom is 0.241 e. The normalized spacial score (nSPS) is 12.6. The first-order chi connectivity index (χ1) is 7.41. The van der Waals surface area contributed by atoms with Crippen LogP contribution in [0, 0.1) is 11.7 Å². The average molecular weight is 289 g/mol. The van der Waals surface area contributed by atoms with Crippen LogP contribution in [0.2, 0.25) is 0 Å². The van der Waals surface area contributed by atoms with Crippen LogP contribution in [-0.4, -0.2) is 11.9 Å². The fraction of sp³-hybridized carbons (Fsp3) is 0.364. The summed E-state index contributed by atoms with van der Waals surface area (Å²) in [5.74, 6) is -0.690. The highest BCUT2D eigenvalue weighted by Gasteiger charge is 2.18. The van der Waals surface area contributed by atoms with Gasteiger partial charge >= 0.3 is 0 Å². The number of nitrogens with two attached hydrogens (primary N) is 1. The largest absolute Gasteiger partial charge is 0.324 e. The Balaban J connectivity index is 2.80. The zero-order valence-electron chi connectivity index (χ0n) is 9.13. The second-order valence-corrected chi connectivity index (χ2v) is 4.74. The smallest absolute Gasteiger partial charge is 0.241 e. The van der Waals surface area contributed by atoms with Crippen LogP contribution in [0.4, 0.5) is 10.1 Å². The maximum atomic E-state index is 13.0. The third kappa shape index (κ3) is 3.28. The number of hydrogen-bond donors (Lipinski definition) is 2. The van der Waals surface area contributed by atoms with Crippen molar-refractivity contribution < 1.29 is 9.18 Å². The van der Waals surface area contributed by atoms with Crippen LogP contribution >= 0.6 is 15.9 Å². The zero-order chi connectivity index (χ0) is 12.3. The van der Waals surface area contributed by atoms with Gasteiger partial charge in [-0.1, -0.05) is 13.8 Å². The standard InChI is InChI=1S/C11H14BrFN2O/c1-6(2)10(14)11(16)15-9-5-7(13)3-4-8(9)12/h3-6,10H,14H2,1-2H3,(H,15,16)/t10-/m0/s1. The molecule has 16 heavy (non-hydrogen) atoms. The van der Waals surface area contributed by atoms with E-state index in [0.717, 1.165) is 0 Å². The number of carbonyl (C=O) groups excluding carboxylic acids is 1. The predicted octanol–water partition coefficient (Wildman–Crippen LogP) is 2.51. The van der Waals surface area contributed by atoms with Crippen molar-refractivity contribution in [2.24, 2.45) is 11.7 Å². The average Bonchev–Trinajstić information content (AvgIpc) is 2.22. The van der Waals surface area contributed by atoms with Crippen LogP contribution in [0.1, 0.15) is 13.8 Å². The molecule has 0 bridgehead atoms. The lowest BCUT2D eigenvalue weighted by Gasteiger charge is -2.16. The lowest BCUT2D eigenvalue weighted by molar-refractivity contribution is -0.118. The molecule has 1 aromatic carbocycles. The van der Waals surface area contributed by atoms with E-state index in [1.165, 1.54) is 18.2 Å². The molecule has 0 spiro atoms. The molecule has 0 radical (unpaired) electrons. The minimum atomic E-state index is -0.602. The molecule has 0 aromatic heterocycles. The summed E-state index contributed by atoms with van der Waals surface area (Å²) in [6, 6.07) is 3.48. The van der Waals surface area contributed by atoms with E-state index in [2.05, 4.69) is 21.2 Å². The van der Waals surface area contributed by atoms with Crippen LogP contribution in [0.3, 0.4) is 0 Å². The van der Waals surface area contributed by atoms with Crippen molar-refractivity contribution in [2.75, 3.05) is 5.32 Å². The molecule has 0 aliphatic carbocycles. The van der Waals surface area contributed by atoms with Crippen LogP contribution in [0.15, 0.2) is 22.7 Å². The van der Waals surface area contributed by atoms with Gasteiger partial charge in [-0.15, -0.1) is 0 Å². The number of rotatable bonds is 3. The van der Waals surface area contributed by atoms with Gasteiger partial charge in [-0.3, -0.25) is 4.79 Å². The van der Waals surface area contributed by atoms with Crippen LogP contribution in [0.25, 0.3) is 0 Å². The number of nitrogens with one attached hydrogen (secondary N) is 1.